The number of hydrogen-bond acceptors (Lipinski definition) is 4. The van der Waals surface area contributed by atoms with Gasteiger partial charge in [-0.2, -0.15) is 0 Å². The Bertz CT molecular complexity index is 272. The van der Waals surface area contributed by atoms with Crippen molar-refractivity contribution < 1.29 is 0 Å². The maximum atomic E-state index is 5.82. The Morgan fingerprint density at radius 1 is 1.33 bits per heavy atom. The van der Waals surface area contributed by atoms with Crippen molar-refractivity contribution in [2.45, 2.75) is 39.8 Å². The number of halogens is 1. The monoisotopic (exact) mass is 231 g/mol. The topological polar surface area (TPSA) is 51.7 Å². The lowest BCUT2D eigenvalue weighted by Crippen LogP contribution is -2.51. The van der Waals surface area contributed by atoms with Crippen LogP contribution >= 0.6 is 11.8 Å². The van der Waals surface area contributed by atoms with E-state index in [9.17, 15) is 0 Å². The summed E-state index contributed by atoms with van der Waals surface area (Å²) in [5.74, 6) is 1.57. The van der Waals surface area contributed by atoms with Gasteiger partial charge in [-0.05, 0) is 32.3 Å². The zero-order valence-corrected chi connectivity index (χ0v) is 10.3. The zero-order valence-electron chi connectivity index (χ0n) is 9.50. The Morgan fingerprint density at radius 3 is 2.53 bits per heavy atom. The molecule has 0 spiro atoms. The molecule has 0 aliphatic carbocycles. The Labute approximate surface area is 95.6 Å². The van der Waals surface area contributed by atoms with Gasteiger partial charge in [0.15, 0.2) is 0 Å². The summed E-state index contributed by atoms with van der Waals surface area (Å²) in [5, 5.41) is 3.22. The minimum Gasteiger partial charge on any atom is -0.368 e. The summed E-state index contributed by atoms with van der Waals surface area (Å²) < 4.78 is 1.26. The smallest absolute Gasteiger partial charge is 0.141 e. The highest BCUT2D eigenvalue weighted by atomic mass is 35.5. The molecule has 1 rings (SSSR count). The molecule has 0 unspecified atom stereocenters. The normalized spacial score (nSPS) is 20.2. The molecule has 0 radical (unpaired) electrons. The van der Waals surface area contributed by atoms with E-state index in [4.69, 9.17) is 11.8 Å². The average Bonchev–Trinajstić information content (AvgIpc) is 1.98. The number of aliphatic imine (C=N–C) groups is 1. The third kappa shape index (κ3) is 4.40. The number of hydrogen-bond donors (Lipinski definition) is 3. The first-order valence-electron chi connectivity index (χ1n) is 5.02. The predicted molar refractivity (Wildman–Crippen MR) is 62.9 cm³/mol. The molecule has 1 aliphatic heterocycles. The van der Waals surface area contributed by atoms with Crippen molar-refractivity contribution in [3.05, 3.63) is 11.9 Å². The molecule has 15 heavy (non-hydrogen) atoms. The van der Waals surface area contributed by atoms with E-state index in [1.54, 1.807) is 0 Å². The molecule has 0 saturated heterocycles. The molecular formula is C9H18ClN5. The molecule has 6 heteroatoms. The Kier molecular flexibility index (Phi) is 4.23. The highest BCUT2D eigenvalue weighted by molar-refractivity contribution is 6.14. The molecule has 0 aromatic rings. The van der Waals surface area contributed by atoms with Crippen LogP contribution in [-0.4, -0.2) is 22.6 Å². The van der Waals surface area contributed by atoms with Crippen LogP contribution in [0, 0.1) is 0 Å². The van der Waals surface area contributed by atoms with E-state index in [1.807, 2.05) is 19.9 Å². The Balaban J connectivity index is 2.74. The van der Waals surface area contributed by atoms with Crippen LogP contribution in [0.5, 0.6) is 0 Å². The molecule has 0 aromatic carbocycles. The highest BCUT2D eigenvalue weighted by Crippen LogP contribution is 2.00. The highest BCUT2D eigenvalue weighted by Gasteiger charge is 2.13. The quantitative estimate of drug-likeness (QED) is 0.637. The minimum atomic E-state index is 0.229. The average molecular weight is 232 g/mol. The van der Waals surface area contributed by atoms with Crippen LogP contribution in [0.25, 0.3) is 0 Å². The van der Waals surface area contributed by atoms with Crippen molar-refractivity contribution >= 4 is 17.6 Å². The molecule has 0 amide bonds. The lowest BCUT2D eigenvalue weighted by atomic mass is 10.3. The number of nitrogens with one attached hydrogen (secondary N) is 3. The third-order valence-electron chi connectivity index (χ3n) is 1.55. The fourth-order valence-corrected chi connectivity index (χ4v) is 1.34. The Morgan fingerprint density at radius 2 is 2.00 bits per heavy atom. The van der Waals surface area contributed by atoms with Crippen molar-refractivity contribution in [1.82, 2.24) is 20.8 Å². The first-order chi connectivity index (χ1) is 6.97. The second-order valence-corrected chi connectivity index (χ2v) is 4.31. The second-order valence-electron chi connectivity index (χ2n) is 3.97. The number of nitrogens with zero attached hydrogens (tertiary/aromatic N) is 2. The van der Waals surface area contributed by atoms with Gasteiger partial charge in [0.2, 0.25) is 0 Å². The van der Waals surface area contributed by atoms with Crippen LogP contribution in [0.15, 0.2) is 16.9 Å². The molecule has 86 valence electrons. The number of rotatable bonds is 3. The summed E-state index contributed by atoms with van der Waals surface area (Å²) in [6.07, 6.45) is 1.89. The van der Waals surface area contributed by atoms with Gasteiger partial charge >= 0.3 is 0 Å². The molecule has 0 atom stereocenters. The molecule has 5 nitrogen and oxygen atoms in total. The van der Waals surface area contributed by atoms with Gasteiger partial charge in [0.1, 0.15) is 11.7 Å². The SMILES string of the molecule is CC(C)N=C1C=C(NC(C)C)NN(Cl)N1. The van der Waals surface area contributed by atoms with Gasteiger partial charge in [0, 0.05) is 29.9 Å². The van der Waals surface area contributed by atoms with Gasteiger partial charge in [-0.15, -0.1) is 0 Å². The summed E-state index contributed by atoms with van der Waals surface area (Å²) in [4.78, 5) is 4.37. The van der Waals surface area contributed by atoms with Crippen LogP contribution in [0.3, 0.4) is 0 Å². The van der Waals surface area contributed by atoms with Crippen LogP contribution in [0.1, 0.15) is 27.7 Å². The van der Waals surface area contributed by atoms with Crippen molar-refractivity contribution in [1.29, 1.82) is 0 Å². The van der Waals surface area contributed by atoms with E-state index in [0.29, 0.717) is 6.04 Å². The van der Waals surface area contributed by atoms with Crippen LogP contribution in [0.2, 0.25) is 0 Å². The van der Waals surface area contributed by atoms with Gasteiger partial charge in [-0.25, -0.2) is 0 Å². The molecule has 0 fully saturated rings. The van der Waals surface area contributed by atoms with E-state index in [2.05, 4.69) is 35.0 Å². The standard InChI is InChI=1S/C9H18ClN5/c1-6(2)11-8-5-9(12-7(3)4)14-15(10)13-8/h5-7,11,13H,1-4H3,(H,12,14). The molecule has 0 bridgehead atoms. The fourth-order valence-electron chi connectivity index (χ4n) is 1.16. The Hall–Kier alpha value is -0.940. The lowest BCUT2D eigenvalue weighted by molar-refractivity contribution is 0.310. The molecule has 0 saturated carbocycles. The van der Waals surface area contributed by atoms with Crippen molar-refractivity contribution in [3.63, 3.8) is 0 Å². The molecule has 3 N–H and O–H groups in total. The summed E-state index contributed by atoms with van der Waals surface area (Å²) in [6, 6.07) is 0.569. The number of hydrazine groups is 2. The van der Waals surface area contributed by atoms with Crippen molar-refractivity contribution in [2.75, 3.05) is 0 Å². The van der Waals surface area contributed by atoms with Gasteiger partial charge in [0.05, 0.1) is 0 Å². The molecular weight excluding hydrogens is 214 g/mol. The molecule has 0 aromatic heterocycles. The lowest BCUT2D eigenvalue weighted by Gasteiger charge is -2.27. The third-order valence-corrected chi connectivity index (χ3v) is 1.72. The van der Waals surface area contributed by atoms with Gasteiger partial charge in [-0.1, -0.05) is 0 Å². The number of amidine groups is 1. The summed E-state index contributed by atoms with van der Waals surface area (Å²) in [7, 11) is 0. The van der Waals surface area contributed by atoms with Crippen LogP contribution in [-0.2, 0) is 0 Å². The van der Waals surface area contributed by atoms with E-state index in [1.165, 1.54) is 4.64 Å². The van der Waals surface area contributed by atoms with E-state index in [-0.39, 0.29) is 6.04 Å². The largest absolute Gasteiger partial charge is 0.368 e. The molecule has 1 heterocycles. The van der Waals surface area contributed by atoms with Crippen molar-refractivity contribution in [3.8, 4) is 0 Å². The second kappa shape index (κ2) is 5.23. The minimum absolute atomic E-state index is 0.229. The molecule has 1 aliphatic rings. The van der Waals surface area contributed by atoms with E-state index in [0.717, 1.165) is 11.7 Å². The van der Waals surface area contributed by atoms with E-state index < -0.39 is 0 Å². The first-order valence-corrected chi connectivity index (χ1v) is 5.36. The van der Waals surface area contributed by atoms with Gasteiger partial charge < -0.3 is 5.32 Å². The maximum absolute atomic E-state index is 5.82. The van der Waals surface area contributed by atoms with E-state index >= 15 is 0 Å². The van der Waals surface area contributed by atoms with Crippen molar-refractivity contribution in [2.24, 2.45) is 4.99 Å². The summed E-state index contributed by atoms with van der Waals surface area (Å²) in [5.41, 5.74) is 5.78. The fraction of sp³-hybridized carbons (Fsp3) is 0.667. The van der Waals surface area contributed by atoms with Crippen LogP contribution < -0.4 is 16.2 Å². The van der Waals surface area contributed by atoms with Gasteiger partial charge in [0.25, 0.3) is 0 Å². The zero-order chi connectivity index (χ0) is 11.4. The first kappa shape index (κ1) is 12.1. The summed E-state index contributed by atoms with van der Waals surface area (Å²) in [6.45, 7) is 8.14. The summed E-state index contributed by atoms with van der Waals surface area (Å²) >= 11 is 5.82. The van der Waals surface area contributed by atoms with Gasteiger partial charge in [-0.3, -0.25) is 15.8 Å². The maximum Gasteiger partial charge on any atom is 0.141 e. The van der Waals surface area contributed by atoms with Crippen LogP contribution in [0.4, 0.5) is 0 Å². The predicted octanol–water partition coefficient (Wildman–Crippen LogP) is 1.11.